The van der Waals surface area contributed by atoms with Crippen molar-refractivity contribution in [3.63, 3.8) is 0 Å². The van der Waals surface area contributed by atoms with E-state index in [0.29, 0.717) is 0 Å². The second-order valence-electron chi connectivity index (χ2n) is 18.3. The Morgan fingerprint density at radius 3 is 1.51 bits per heavy atom. The number of anilines is 3. The highest BCUT2D eigenvalue weighted by atomic mass is 16.5. The molecule has 1 heterocycles. The van der Waals surface area contributed by atoms with Crippen molar-refractivity contribution in [2.24, 2.45) is 0 Å². The van der Waals surface area contributed by atoms with Crippen molar-refractivity contribution in [3.8, 4) is 50.6 Å². The molecule has 0 saturated heterocycles. The summed E-state index contributed by atoms with van der Waals surface area (Å²) in [6.07, 6.45) is 0. The Labute approximate surface area is 413 Å². The molecule has 13 rings (SSSR count). The third kappa shape index (κ3) is 6.67. The number of ether oxygens (including phenoxy) is 2. The predicted molar refractivity (Wildman–Crippen MR) is 294 cm³/mol. The number of hydrogen-bond acceptors (Lipinski definition) is 3. The van der Waals surface area contributed by atoms with Crippen LogP contribution in [-0.4, -0.2) is 18.8 Å². The molecule has 1 aromatic heterocycles. The van der Waals surface area contributed by atoms with Crippen molar-refractivity contribution in [1.29, 1.82) is 0 Å². The topological polar surface area (TPSA) is 26.6 Å². The lowest BCUT2D eigenvalue weighted by Crippen LogP contribution is -2.28. The van der Waals surface area contributed by atoms with Crippen LogP contribution in [0, 0.1) is 0 Å². The molecular weight excluding hydrogens is 865 g/mol. The van der Waals surface area contributed by atoms with E-state index in [1.807, 2.05) is 24.3 Å². The van der Waals surface area contributed by atoms with E-state index in [0.717, 1.165) is 50.9 Å². The molecule has 0 fully saturated rings. The maximum absolute atomic E-state index is 5.55. The molecule has 0 saturated carbocycles. The fourth-order valence-electron chi connectivity index (χ4n) is 11.6. The van der Waals surface area contributed by atoms with Gasteiger partial charge in [-0.3, -0.25) is 0 Å². The lowest BCUT2D eigenvalue weighted by atomic mass is 9.67. The van der Waals surface area contributed by atoms with Gasteiger partial charge in [-0.2, -0.15) is 0 Å². The van der Waals surface area contributed by atoms with Crippen molar-refractivity contribution in [2.75, 3.05) is 19.1 Å². The normalized spacial score (nSPS) is 12.5. The highest BCUT2D eigenvalue weighted by molar-refractivity contribution is 6.24. The number of rotatable bonds is 10. The minimum Gasteiger partial charge on any atom is -0.497 e. The Balaban J connectivity index is 0.986. The lowest BCUT2D eigenvalue weighted by molar-refractivity contribution is 0.415. The number of para-hydroxylation sites is 2. The zero-order valence-electron chi connectivity index (χ0n) is 39.5. The number of hydrogen-bond donors (Lipinski definition) is 0. The maximum Gasteiger partial charge on any atom is 0.119 e. The first kappa shape index (κ1) is 42.0. The molecule has 0 atom stereocenters. The van der Waals surface area contributed by atoms with Crippen LogP contribution in [-0.2, 0) is 5.41 Å². The molecule has 0 radical (unpaired) electrons. The van der Waals surface area contributed by atoms with Crippen LogP contribution in [0.4, 0.5) is 17.1 Å². The van der Waals surface area contributed by atoms with Crippen molar-refractivity contribution in [2.45, 2.75) is 5.41 Å². The van der Waals surface area contributed by atoms with Crippen LogP contribution in [0.25, 0.3) is 71.6 Å². The van der Waals surface area contributed by atoms with E-state index in [9.17, 15) is 0 Å². The van der Waals surface area contributed by atoms with Gasteiger partial charge >= 0.3 is 0 Å². The standard InChI is InChI=1S/C67H48N2O2/c1-70-52-38-33-49(34-39-52)68(50-35-40-53(71-2)41-36-50)63-27-15-12-21-54(63)45-29-31-46(32-30-45)60-44-65-66(58-24-10-9-22-55(58)60)59-25-13-16-28-64(59)69(65)51-37-42-57-56-23-11-14-26-61(56)67(62(57)43-51,47-17-5-3-6-18-47)48-19-7-4-8-20-48/h3-44H,1-2H3. The number of aromatic nitrogens is 1. The summed E-state index contributed by atoms with van der Waals surface area (Å²) in [4.78, 5) is 2.30. The van der Waals surface area contributed by atoms with Gasteiger partial charge in [0.2, 0.25) is 0 Å². The van der Waals surface area contributed by atoms with E-state index in [1.54, 1.807) is 14.2 Å². The van der Waals surface area contributed by atoms with Crippen molar-refractivity contribution in [3.05, 3.63) is 277 Å². The first-order valence-electron chi connectivity index (χ1n) is 24.2. The molecule has 0 amide bonds. The first-order chi connectivity index (χ1) is 35.1. The Bertz CT molecular complexity index is 3850. The SMILES string of the molecule is COc1ccc(N(c2ccc(OC)cc2)c2ccccc2-c2ccc(-c3cc4c(c5ccccc35)c3ccccc3n4-c3ccc4c(c3)C(c3ccccc3)(c3ccccc3)c3ccccc3-4)cc2)cc1. The van der Waals surface area contributed by atoms with Crippen LogP contribution in [0.3, 0.4) is 0 Å². The van der Waals surface area contributed by atoms with Gasteiger partial charge in [-0.05, 0) is 140 Å². The summed E-state index contributed by atoms with van der Waals surface area (Å²) >= 11 is 0. The smallest absolute Gasteiger partial charge is 0.119 e. The largest absolute Gasteiger partial charge is 0.497 e. The van der Waals surface area contributed by atoms with E-state index >= 15 is 0 Å². The zero-order valence-corrected chi connectivity index (χ0v) is 39.5. The van der Waals surface area contributed by atoms with Gasteiger partial charge in [0.05, 0.1) is 36.4 Å². The fraction of sp³-hybridized carbons (Fsp3) is 0.0448. The summed E-state index contributed by atoms with van der Waals surface area (Å²) in [5.41, 5.74) is 18.3. The second kappa shape index (κ2) is 17.1. The Kier molecular flexibility index (Phi) is 10.1. The molecule has 0 aliphatic heterocycles. The van der Waals surface area contributed by atoms with Crippen molar-refractivity contribution >= 4 is 49.6 Å². The van der Waals surface area contributed by atoms with E-state index in [4.69, 9.17) is 9.47 Å². The summed E-state index contributed by atoms with van der Waals surface area (Å²) in [7, 11) is 3.40. The summed E-state index contributed by atoms with van der Waals surface area (Å²) in [5, 5.41) is 4.94. The molecule has 1 aliphatic carbocycles. The average molecular weight is 913 g/mol. The van der Waals surface area contributed by atoms with Gasteiger partial charge in [-0.15, -0.1) is 0 Å². The quantitative estimate of drug-likeness (QED) is 0.137. The van der Waals surface area contributed by atoms with Gasteiger partial charge in [0, 0.05) is 33.4 Å². The Morgan fingerprint density at radius 2 is 0.873 bits per heavy atom. The third-order valence-electron chi connectivity index (χ3n) is 14.7. The van der Waals surface area contributed by atoms with Crippen LogP contribution in [0.2, 0.25) is 0 Å². The maximum atomic E-state index is 5.55. The van der Waals surface area contributed by atoms with Crippen LogP contribution >= 0.6 is 0 Å². The second-order valence-corrected chi connectivity index (χ2v) is 18.3. The summed E-state index contributed by atoms with van der Waals surface area (Å²) in [6.45, 7) is 0. The number of nitrogens with zero attached hydrogens (tertiary/aromatic N) is 2. The molecule has 4 nitrogen and oxygen atoms in total. The summed E-state index contributed by atoms with van der Waals surface area (Å²) < 4.78 is 13.6. The van der Waals surface area contributed by atoms with Crippen LogP contribution < -0.4 is 14.4 Å². The first-order valence-corrected chi connectivity index (χ1v) is 24.2. The van der Waals surface area contributed by atoms with E-state index in [1.165, 1.54) is 71.5 Å². The van der Waals surface area contributed by atoms with Crippen LogP contribution in [0.5, 0.6) is 11.5 Å². The molecule has 0 N–H and O–H groups in total. The lowest BCUT2D eigenvalue weighted by Gasteiger charge is -2.34. The van der Waals surface area contributed by atoms with Crippen LogP contribution in [0.15, 0.2) is 255 Å². The predicted octanol–water partition coefficient (Wildman–Crippen LogP) is 17.1. The van der Waals surface area contributed by atoms with Gasteiger partial charge in [-0.25, -0.2) is 0 Å². The van der Waals surface area contributed by atoms with E-state index in [2.05, 4.69) is 240 Å². The molecule has 12 aromatic rings. The molecular formula is C67H48N2O2. The molecule has 0 unspecified atom stereocenters. The number of fused-ring (bicyclic) bond motifs is 8. The molecule has 71 heavy (non-hydrogen) atoms. The van der Waals surface area contributed by atoms with Gasteiger partial charge in [0.1, 0.15) is 11.5 Å². The van der Waals surface area contributed by atoms with Crippen molar-refractivity contribution in [1.82, 2.24) is 4.57 Å². The fourth-order valence-corrected chi connectivity index (χ4v) is 11.6. The minimum atomic E-state index is -0.512. The molecule has 0 spiro atoms. The molecule has 1 aliphatic rings. The summed E-state index contributed by atoms with van der Waals surface area (Å²) in [6, 6.07) is 92.8. The molecule has 338 valence electrons. The van der Waals surface area contributed by atoms with Gasteiger partial charge in [0.15, 0.2) is 0 Å². The minimum absolute atomic E-state index is 0.512. The Hall–Kier alpha value is -9.12. The monoisotopic (exact) mass is 912 g/mol. The Morgan fingerprint density at radius 1 is 0.366 bits per heavy atom. The molecule has 4 heteroatoms. The molecule has 11 aromatic carbocycles. The zero-order chi connectivity index (χ0) is 47.5. The highest BCUT2D eigenvalue weighted by Gasteiger charge is 2.46. The van der Waals surface area contributed by atoms with Crippen molar-refractivity contribution < 1.29 is 9.47 Å². The number of methoxy groups -OCH3 is 2. The van der Waals surface area contributed by atoms with E-state index < -0.39 is 5.41 Å². The summed E-state index contributed by atoms with van der Waals surface area (Å²) in [5.74, 6) is 1.62. The van der Waals surface area contributed by atoms with E-state index in [-0.39, 0.29) is 0 Å². The molecule has 0 bridgehead atoms. The van der Waals surface area contributed by atoms with Gasteiger partial charge in [-0.1, -0.05) is 176 Å². The van der Waals surface area contributed by atoms with Gasteiger partial charge in [0.25, 0.3) is 0 Å². The van der Waals surface area contributed by atoms with Gasteiger partial charge < -0.3 is 18.9 Å². The highest BCUT2D eigenvalue weighted by Crippen LogP contribution is 2.57. The van der Waals surface area contributed by atoms with Crippen LogP contribution in [0.1, 0.15) is 22.3 Å². The third-order valence-corrected chi connectivity index (χ3v) is 14.7. The average Bonchev–Trinajstić information content (AvgIpc) is 3.95. The number of benzene rings is 11.